The second-order valence-corrected chi connectivity index (χ2v) is 5.24. The lowest BCUT2D eigenvalue weighted by atomic mass is 10.1. The molecule has 2 atom stereocenters. The molecule has 0 saturated heterocycles. The molecule has 3 nitrogen and oxygen atoms in total. The smallest absolute Gasteiger partial charge is 0.127 e. The molecule has 0 fully saturated rings. The second kappa shape index (κ2) is 8.25. The van der Waals surface area contributed by atoms with Gasteiger partial charge in [-0.05, 0) is 18.9 Å². The summed E-state index contributed by atoms with van der Waals surface area (Å²) < 4.78 is 18.9. The first-order valence-electron chi connectivity index (χ1n) is 6.74. The summed E-state index contributed by atoms with van der Waals surface area (Å²) >= 11 is 0. The van der Waals surface area contributed by atoms with Crippen LogP contribution in [0.15, 0.2) is 24.3 Å². The SMILES string of the molecule is CC(C)COCC(O)CNC(C)c1ccccc1F. The number of halogens is 1. The number of aliphatic hydroxyl groups excluding tert-OH is 1. The zero-order valence-corrected chi connectivity index (χ0v) is 11.9. The Balaban J connectivity index is 2.30. The Bertz CT molecular complexity index is 371. The van der Waals surface area contributed by atoms with E-state index in [1.54, 1.807) is 18.2 Å². The fourth-order valence-electron chi connectivity index (χ4n) is 1.75. The van der Waals surface area contributed by atoms with E-state index in [1.807, 2.05) is 6.92 Å². The molecular formula is C15H24FNO2. The van der Waals surface area contributed by atoms with E-state index >= 15 is 0 Å². The highest BCUT2D eigenvalue weighted by Crippen LogP contribution is 2.15. The summed E-state index contributed by atoms with van der Waals surface area (Å²) in [4.78, 5) is 0. The minimum Gasteiger partial charge on any atom is -0.389 e. The van der Waals surface area contributed by atoms with Crippen LogP contribution in [0.5, 0.6) is 0 Å². The van der Waals surface area contributed by atoms with Crippen molar-refractivity contribution in [2.24, 2.45) is 5.92 Å². The molecule has 0 aliphatic carbocycles. The Morgan fingerprint density at radius 2 is 1.89 bits per heavy atom. The van der Waals surface area contributed by atoms with Gasteiger partial charge in [-0.15, -0.1) is 0 Å². The number of nitrogens with one attached hydrogen (secondary N) is 1. The van der Waals surface area contributed by atoms with Crippen LogP contribution in [-0.2, 0) is 4.74 Å². The van der Waals surface area contributed by atoms with Crippen LogP contribution in [0.25, 0.3) is 0 Å². The summed E-state index contributed by atoms with van der Waals surface area (Å²) in [6.07, 6.45) is -0.576. The van der Waals surface area contributed by atoms with E-state index in [1.165, 1.54) is 6.07 Å². The minimum absolute atomic E-state index is 0.138. The van der Waals surface area contributed by atoms with Gasteiger partial charge in [0.05, 0.1) is 12.7 Å². The second-order valence-electron chi connectivity index (χ2n) is 5.24. The molecule has 0 aliphatic heterocycles. The van der Waals surface area contributed by atoms with Crippen LogP contribution in [-0.4, -0.2) is 31.0 Å². The molecule has 0 saturated carbocycles. The average molecular weight is 269 g/mol. The zero-order valence-electron chi connectivity index (χ0n) is 11.9. The van der Waals surface area contributed by atoms with Crippen LogP contribution in [0.4, 0.5) is 4.39 Å². The summed E-state index contributed by atoms with van der Waals surface area (Å²) in [5, 5.41) is 12.9. The quantitative estimate of drug-likeness (QED) is 0.762. The van der Waals surface area contributed by atoms with Crippen LogP contribution in [0.3, 0.4) is 0 Å². The van der Waals surface area contributed by atoms with Gasteiger partial charge in [0.25, 0.3) is 0 Å². The monoisotopic (exact) mass is 269 g/mol. The Labute approximate surface area is 114 Å². The van der Waals surface area contributed by atoms with Gasteiger partial charge in [0.2, 0.25) is 0 Å². The van der Waals surface area contributed by atoms with Crippen molar-refractivity contribution >= 4 is 0 Å². The molecule has 0 aliphatic rings. The van der Waals surface area contributed by atoms with Crippen LogP contribution >= 0.6 is 0 Å². The predicted molar refractivity (Wildman–Crippen MR) is 74.5 cm³/mol. The standard InChI is InChI=1S/C15H24FNO2/c1-11(2)9-19-10-13(18)8-17-12(3)14-6-4-5-7-15(14)16/h4-7,11-13,17-18H,8-10H2,1-3H3. The van der Waals surface area contributed by atoms with Crippen LogP contribution < -0.4 is 5.32 Å². The molecule has 0 amide bonds. The third-order valence-electron chi connectivity index (χ3n) is 2.79. The fourth-order valence-corrected chi connectivity index (χ4v) is 1.75. The first-order valence-corrected chi connectivity index (χ1v) is 6.74. The van der Waals surface area contributed by atoms with Gasteiger partial charge in [-0.25, -0.2) is 4.39 Å². The van der Waals surface area contributed by atoms with Crippen molar-refractivity contribution in [1.29, 1.82) is 0 Å². The largest absolute Gasteiger partial charge is 0.389 e. The summed E-state index contributed by atoms with van der Waals surface area (Å²) in [6.45, 7) is 7.32. The predicted octanol–water partition coefficient (Wildman–Crippen LogP) is 2.51. The van der Waals surface area contributed by atoms with E-state index in [2.05, 4.69) is 19.2 Å². The zero-order chi connectivity index (χ0) is 14.3. The van der Waals surface area contributed by atoms with Gasteiger partial charge < -0.3 is 15.2 Å². The molecule has 108 valence electrons. The third kappa shape index (κ3) is 6.14. The van der Waals surface area contributed by atoms with E-state index in [9.17, 15) is 9.50 Å². The van der Waals surface area contributed by atoms with Crippen molar-refractivity contribution in [2.45, 2.75) is 32.9 Å². The number of benzene rings is 1. The number of hydrogen-bond acceptors (Lipinski definition) is 3. The molecule has 2 unspecified atom stereocenters. The van der Waals surface area contributed by atoms with Gasteiger partial charge >= 0.3 is 0 Å². The minimum atomic E-state index is -0.576. The Morgan fingerprint density at radius 3 is 2.53 bits per heavy atom. The number of hydrogen-bond donors (Lipinski definition) is 2. The number of aliphatic hydroxyl groups is 1. The molecule has 19 heavy (non-hydrogen) atoms. The van der Waals surface area contributed by atoms with Gasteiger partial charge in [0.1, 0.15) is 5.82 Å². The molecular weight excluding hydrogens is 245 g/mol. The van der Waals surface area contributed by atoms with Crippen molar-refractivity contribution in [3.8, 4) is 0 Å². The van der Waals surface area contributed by atoms with Crippen molar-refractivity contribution in [1.82, 2.24) is 5.32 Å². The highest BCUT2D eigenvalue weighted by Gasteiger charge is 2.12. The fraction of sp³-hybridized carbons (Fsp3) is 0.600. The van der Waals surface area contributed by atoms with Crippen LogP contribution in [0.1, 0.15) is 32.4 Å². The van der Waals surface area contributed by atoms with Crippen molar-refractivity contribution in [2.75, 3.05) is 19.8 Å². The molecule has 1 aromatic carbocycles. The third-order valence-corrected chi connectivity index (χ3v) is 2.79. The Morgan fingerprint density at radius 1 is 1.21 bits per heavy atom. The molecule has 0 heterocycles. The first-order chi connectivity index (χ1) is 9.00. The molecule has 0 aromatic heterocycles. The van der Waals surface area contributed by atoms with E-state index in [-0.39, 0.29) is 11.9 Å². The number of rotatable bonds is 8. The lowest BCUT2D eigenvalue weighted by Crippen LogP contribution is -2.32. The van der Waals surface area contributed by atoms with Gasteiger partial charge in [-0.1, -0.05) is 32.0 Å². The van der Waals surface area contributed by atoms with Crippen molar-refractivity contribution in [3.63, 3.8) is 0 Å². The van der Waals surface area contributed by atoms with E-state index in [0.717, 1.165) is 0 Å². The molecule has 1 rings (SSSR count). The topological polar surface area (TPSA) is 41.5 Å². The van der Waals surface area contributed by atoms with Gasteiger partial charge in [-0.2, -0.15) is 0 Å². The molecule has 0 spiro atoms. The van der Waals surface area contributed by atoms with Gasteiger partial charge in [0.15, 0.2) is 0 Å². The summed E-state index contributed by atoms with van der Waals surface area (Å²) in [5.74, 6) is 0.227. The normalized spacial score (nSPS) is 14.6. The van der Waals surface area contributed by atoms with E-state index in [0.29, 0.717) is 31.2 Å². The van der Waals surface area contributed by atoms with Crippen molar-refractivity contribution < 1.29 is 14.2 Å². The highest BCUT2D eigenvalue weighted by atomic mass is 19.1. The lowest BCUT2D eigenvalue weighted by molar-refractivity contribution is 0.0251. The summed E-state index contributed by atoms with van der Waals surface area (Å²) in [5.41, 5.74) is 0.609. The highest BCUT2D eigenvalue weighted by molar-refractivity contribution is 5.20. The maximum absolute atomic E-state index is 13.5. The van der Waals surface area contributed by atoms with Crippen LogP contribution in [0.2, 0.25) is 0 Å². The van der Waals surface area contributed by atoms with Gasteiger partial charge in [-0.3, -0.25) is 0 Å². The molecule has 2 N–H and O–H groups in total. The number of ether oxygens (including phenoxy) is 1. The first kappa shape index (κ1) is 16.1. The van der Waals surface area contributed by atoms with E-state index in [4.69, 9.17) is 4.74 Å². The molecule has 1 aromatic rings. The van der Waals surface area contributed by atoms with Gasteiger partial charge in [0, 0.05) is 24.8 Å². The summed E-state index contributed by atoms with van der Waals surface area (Å²) in [7, 11) is 0. The lowest BCUT2D eigenvalue weighted by Gasteiger charge is -2.18. The maximum atomic E-state index is 13.5. The molecule has 0 radical (unpaired) electrons. The van der Waals surface area contributed by atoms with Crippen molar-refractivity contribution in [3.05, 3.63) is 35.6 Å². The molecule has 0 bridgehead atoms. The molecule has 4 heteroatoms. The Kier molecular flexibility index (Phi) is 6.99. The van der Waals surface area contributed by atoms with Crippen LogP contribution in [0, 0.1) is 11.7 Å². The Hall–Kier alpha value is -0.970. The average Bonchev–Trinajstić information content (AvgIpc) is 2.36. The maximum Gasteiger partial charge on any atom is 0.127 e. The van der Waals surface area contributed by atoms with E-state index < -0.39 is 6.10 Å². The summed E-state index contributed by atoms with van der Waals surface area (Å²) in [6, 6.07) is 6.52.